The van der Waals surface area contributed by atoms with Gasteiger partial charge in [0.05, 0.1) is 11.9 Å². The van der Waals surface area contributed by atoms with Gasteiger partial charge in [0.2, 0.25) is 20.2 Å². The molecule has 1 aliphatic carbocycles. The fraction of sp³-hybridized carbons (Fsp3) is 0.778. The maximum absolute atomic E-state index is 12.1. The highest BCUT2D eigenvalue weighted by molar-refractivity contribution is 6.36. The Morgan fingerprint density at radius 3 is 2.00 bits per heavy atom. The van der Waals surface area contributed by atoms with Gasteiger partial charge in [-0.15, -0.1) is 0 Å². The van der Waals surface area contributed by atoms with E-state index < -0.39 is 22.8 Å². The van der Waals surface area contributed by atoms with Gasteiger partial charge in [-0.1, -0.05) is 53.9 Å². The molecule has 1 fully saturated rings. The summed E-state index contributed by atoms with van der Waals surface area (Å²) in [6.45, 7) is 9.39. The van der Waals surface area contributed by atoms with Gasteiger partial charge in [-0.3, -0.25) is 0 Å². The molecule has 139 valence electrons. The van der Waals surface area contributed by atoms with E-state index in [9.17, 15) is 19.8 Å². The van der Waals surface area contributed by atoms with Crippen molar-refractivity contribution >= 4 is 32.2 Å². The molecule has 0 saturated heterocycles. The van der Waals surface area contributed by atoms with E-state index in [1.165, 1.54) is 0 Å². The standard InChI is InChI=1S/C18H29O5Si2/c1-11(25-23-24)17(2,3)18(4,5)14(16(21)22)13(15(19)20)12-9-7-6-8-10-12/h11-12H,6-10H2,1-5H3,(H,19,20)(H,21,22)/p-2/b14-13-. The Kier molecular flexibility index (Phi) is 7.64. The van der Waals surface area contributed by atoms with Gasteiger partial charge in [-0.05, 0) is 46.3 Å². The number of carboxylic acid groups (broad SMARTS) is 2. The van der Waals surface area contributed by atoms with Crippen LogP contribution in [0.25, 0.3) is 0 Å². The van der Waals surface area contributed by atoms with Crippen molar-refractivity contribution in [2.75, 3.05) is 0 Å². The number of carboxylic acids is 2. The van der Waals surface area contributed by atoms with Crippen LogP contribution in [0.4, 0.5) is 0 Å². The van der Waals surface area contributed by atoms with Crippen molar-refractivity contribution in [2.24, 2.45) is 16.7 Å². The summed E-state index contributed by atoms with van der Waals surface area (Å²) in [6, 6.07) is 0. The molecule has 1 aliphatic rings. The minimum absolute atomic E-state index is 0.00344. The quantitative estimate of drug-likeness (QED) is 0.462. The van der Waals surface area contributed by atoms with Crippen molar-refractivity contribution in [3.63, 3.8) is 0 Å². The lowest BCUT2D eigenvalue weighted by Crippen LogP contribution is -2.47. The zero-order valence-corrected chi connectivity index (χ0v) is 17.7. The predicted octanol–water partition coefficient (Wildman–Crippen LogP) is 0.943. The monoisotopic (exact) mass is 379 g/mol. The number of carbonyl (C=O) groups excluding carboxylic acids is 2. The van der Waals surface area contributed by atoms with E-state index in [1.54, 1.807) is 13.8 Å². The third-order valence-electron chi connectivity index (χ3n) is 6.26. The van der Waals surface area contributed by atoms with E-state index in [0.29, 0.717) is 12.8 Å². The van der Waals surface area contributed by atoms with Crippen LogP contribution in [0.5, 0.6) is 0 Å². The SMILES string of the molecule is CC([Si]O[Si])C(C)(C)C(C)(C)/C(C(=O)[O-])=C(\C(=O)[O-])C1CCCCC1. The molecule has 0 heterocycles. The van der Waals surface area contributed by atoms with E-state index in [1.807, 2.05) is 20.8 Å². The molecule has 0 amide bonds. The van der Waals surface area contributed by atoms with Crippen molar-refractivity contribution in [3.05, 3.63) is 11.1 Å². The molecule has 0 bridgehead atoms. The van der Waals surface area contributed by atoms with Crippen molar-refractivity contribution in [1.82, 2.24) is 0 Å². The molecule has 0 aromatic heterocycles. The van der Waals surface area contributed by atoms with Gasteiger partial charge in [-0.2, -0.15) is 0 Å². The van der Waals surface area contributed by atoms with Gasteiger partial charge >= 0.3 is 0 Å². The summed E-state index contributed by atoms with van der Waals surface area (Å²) >= 11 is 0. The molecule has 7 heteroatoms. The summed E-state index contributed by atoms with van der Waals surface area (Å²) in [5.41, 5.74) is -1.68. The van der Waals surface area contributed by atoms with Gasteiger partial charge in [-0.25, -0.2) is 0 Å². The van der Waals surface area contributed by atoms with Crippen molar-refractivity contribution in [2.45, 2.75) is 72.3 Å². The second-order valence-corrected chi connectivity index (χ2v) is 9.91. The van der Waals surface area contributed by atoms with Crippen LogP contribution in [0.2, 0.25) is 5.54 Å². The van der Waals surface area contributed by atoms with Crippen LogP contribution in [-0.4, -0.2) is 32.2 Å². The maximum atomic E-state index is 12.1. The summed E-state index contributed by atoms with van der Waals surface area (Å²) in [4.78, 5) is 24.0. The number of carbonyl (C=O) groups is 2. The molecule has 0 aromatic carbocycles. The number of rotatable bonds is 8. The van der Waals surface area contributed by atoms with E-state index in [4.69, 9.17) is 4.12 Å². The normalized spacial score (nSPS) is 19.3. The third-order valence-corrected chi connectivity index (χ3v) is 7.81. The Labute approximate surface area is 156 Å². The molecule has 0 N–H and O–H groups in total. The molecule has 1 rings (SSSR count). The van der Waals surface area contributed by atoms with Crippen molar-refractivity contribution in [3.8, 4) is 0 Å². The minimum Gasteiger partial charge on any atom is -0.545 e. The summed E-state index contributed by atoms with van der Waals surface area (Å²) < 4.78 is 5.08. The van der Waals surface area contributed by atoms with E-state index in [0.717, 1.165) is 19.3 Å². The third kappa shape index (κ3) is 4.62. The molecule has 1 unspecified atom stereocenters. The molecule has 1 atom stereocenters. The van der Waals surface area contributed by atoms with Gasteiger partial charge in [0.25, 0.3) is 0 Å². The lowest BCUT2D eigenvalue weighted by molar-refractivity contribution is -0.306. The number of hydrogen-bond acceptors (Lipinski definition) is 5. The predicted molar refractivity (Wildman–Crippen MR) is 93.2 cm³/mol. The van der Waals surface area contributed by atoms with Crippen LogP contribution in [0.15, 0.2) is 11.1 Å². The second kappa shape index (κ2) is 8.64. The first-order valence-electron chi connectivity index (χ1n) is 8.73. The lowest BCUT2D eigenvalue weighted by atomic mass is 9.60. The highest BCUT2D eigenvalue weighted by Gasteiger charge is 2.46. The zero-order valence-electron chi connectivity index (χ0n) is 15.7. The minimum atomic E-state index is -1.42. The van der Waals surface area contributed by atoms with Crippen LogP contribution in [0.1, 0.15) is 66.7 Å². The zero-order chi connectivity index (χ0) is 19.4. The smallest absolute Gasteiger partial charge is 0.229 e. The van der Waals surface area contributed by atoms with E-state index >= 15 is 0 Å². The number of aliphatic carboxylic acids is 2. The topological polar surface area (TPSA) is 89.5 Å². The van der Waals surface area contributed by atoms with Crippen LogP contribution in [0, 0.1) is 16.7 Å². The van der Waals surface area contributed by atoms with Gasteiger partial charge in [0.15, 0.2) is 0 Å². The summed E-state index contributed by atoms with van der Waals surface area (Å²) in [6.07, 6.45) is 4.21. The van der Waals surface area contributed by atoms with Gasteiger partial charge < -0.3 is 23.9 Å². The Morgan fingerprint density at radius 2 is 1.60 bits per heavy atom. The summed E-state index contributed by atoms with van der Waals surface area (Å²) in [5.74, 6) is -3.09. The molecule has 5 radical (unpaired) electrons. The average Bonchev–Trinajstić information content (AvgIpc) is 2.52. The molecule has 0 spiro atoms. The highest BCUT2D eigenvalue weighted by atomic mass is 28.3. The Hall–Kier alpha value is -0.926. The molecular formula is C18H27O5Si2-2. The molecule has 1 saturated carbocycles. The molecular weight excluding hydrogens is 352 g/mol. The lowest BCUT2D eigenvalue weighted by Gasteiger charge is -2.49. The van der Waals surface area contributed by atoms with Crippen LogP contribution in [0.3, 0.4) is 0 Å². The Morgan fingerprint density at radius 1 is 1.08 bits per heavy atom. The summed E-state index contributed by atoms with van der Waals surface area (Å²) in [7, 11) is 3.12. The van der Waals surface area contributed by atoms with Crippen LogP contribution >= 0.6 is 0 Å². The number of hydrogen-bond donors (Lipinski definition) is 0. The van der Waals surface area contributed by atoms with Crippen LogP contribution in [-0.2, 0) is 13.7 Å². The molecule has 0 aromatic rings. The molecule has 5 nitrogen and oxygen atoms in total. The molecule has 0 aliphatic heterocycles. The van der Waals surface area contributed by atoms with E-state index in [-0.39, 0.29) is 32.4 Å². The highest BCUT2D eigenvalue weighted by Crippen LogP contribution is 2.53. The largest absolute Gasteiger partial charge is 0.545 e. The Balaban J connectivity index is 3.52. The van der Waals surface area contributed by atoms with Crippen LogP contribution < -0.4 is 10.2 Å². The first-order valence-corrected chi connectivity index (χ1v) is 10.1. The van der Waals surface area contributed by atoms with E-state index in [2.05, 4.69) is 10.5 Å². The maximum Gasteiger partial charge on any atom is 0.229 e. The fourth-order valence-electron chi connectivity index (χ4n) is 3.67. The first kappa shape index (κ1) is 22.1. The Bertz CT molecular complexity index is 534. The molecule has 25 heavy (non-hydrogen) atoms. The average molecular weight is 380 g/mol. The van der Waals surface area contributed by atoms with Gasteiger partial charge in [0, 0.05) is 0 Å². The fourth-order valence-corrected chi connectivity index (χ4v) is 5.03. The second-order valence-electron chi connectivity index (χ2n) is 7.99. The van der Waals surface area contributed by atoms with Gasteiger partial charge in [0.1, 0.15) is 0 Å². The first-order chi connectivity index (χ1) is 11.5. The summed E-state index contributed by atoms with van der Waals surface area (Å²) in [5, 5.41) is 24.0. The van der Waals surface area contributed by atoms with Crippen molar-refractivity contribution < 1.29 is 23.9 Å². The van der Waals surface area contributed by atoms with Crippen molar-refractivity contribution in [1.29, 1.82) is 0 Å².